The Balaban J connectivity index is 0.00000312. The number of nitrogens with one attached hydrogen (secondary N) is 2. The standard InChI is InChI=1S/C18H26N4OS.HI/c1-3-24(23)17-9-5-8-16(11-17)22-18(20-2)21-13-15-7-4-6-14(10-15)12-19;/h4,6-7,10,16-17H,3,5,8-9,11,13H2,1-2H3,(H2,20,21,22);1H. The maximum absolute atomic E-state index is 12.0. The lowest BCUT2D eigenvalue weighted by molar-refractivity contribution is 0.413. The molecular formula is C18H27IN4OS. The number of hydrogen-bond acceptors (Lipinski definition) is 3. The molecule has 1 saturated carbocycles. The summed E-state index contributed by atoms with van der Waals surface area (Å²) in [6, 6.07) is 10.0. The van der Waals surface area contributed by atoms with E-state index >= 15 is 0 Å². The molecule has 1 aromatic rings. The SMILES string of the molecule is CCS(=O)C1CCCC(NC(=NC)NCc2cccc(C#N)c2)C1.I. The van der Waals surface area contributed by atoms with Crippen LogP contribution in [-0.4, -0.2) is 34.3 Å². The van der Waals surface area contributed by atoms with E-state index in [0.29, 0.717) is 23.4 Å². The molecule has 2 rings (SSSR count). The molecule has 3 atom stereocenters. The van der Waals surface area contributed by atoms with Crippen LogP contribution in [0.25, 0.3) is 0 Å². The minimum absolute atomic E-state index is 0. The fourth-order valence-electron chi connectivity index (χ4n) is 3.08. The number of nitriles is 1. The summed E-state index contributed by atoms with van der Waals surface area (Å²) in [5.41, 5.74) is 1.71. The van der Waals surface area contributed by atoms with Crippen molar-refractivity contribution >= 4 is 40.7 Å². The molecule has 25 heavy (non-hydrogen) atoms. The summed E-state index contributed by atoms with van der Waals surface area (Å²) in [5.74, 6) is 1.49. The van der Waals surface area contributed by atoms with Crippen molar-refractivity contribution in [3.05, 3.63) is 35.4 Å². The Labute approximate surface area is 170 Å². The number of hydrogen-bond donors (Lipinski definition) is 2. The molecule has 0 spiro atoms. The van der Waals surface area contributed by atoms with Gasteiger partial charge in [-0.2, -0.15) is 5.26 Å². The molecule has 138 valence electrons. The molecule has 0 saturated heterocycles. The molecule has 3 unspecified atom stereocenters. The van der Waals surface area contributed by atoms with Gasteiger partial charge in [0.05, 0.1) is 11.6 Å². The van der Waals surface area contributed by atoms with Gasteiger partial charge in [-0.05, 0) is 37.0 Å². The van der Waals surface area contributed by atoms with Gasteiger partial charge in [0.1, 0.15) is 0 Å². The second kappa shape index (κ2) is 11.5. The van der Waals surface area contributed by atoms with Gasteiger partial charge in [0.15, 0.2) is 5.96 Å². The second-order valence-corrected chi connectivity index (χ2v) is 8.04. The van der Waals surface area contributed by atoms with Crippen LogP contribution in [0.1, 0.15) is 43.7 Å². The fourth-order valence-corrected chi connectivity index (χ4v) is 4.42. The number of rotatable bonds is 5. The van der Waals surface area contributed by atoms with E-state index in [-0.39, 0.29) is 24.0 Å². The average molecular weight is 474 g/mol. The molecule has 0 radical (unpaired) electrons. The highest BCUT2D eigenvalue weighted by molar-refractivity contribution is 14.0. The lowest BCUT2D eigenvalue weighted by atomic mass is 9.95. The Hall–Kier alpha value is -1.14. The predicted molar refractivity (Wildman–Crippen MR) is 115 cm³/mol. The third kappa shape index (κ3) is 6.94. The van der Waals surface area contributed by atoms with Crippen LogP contribution in [0, 0.1) is 11.3 Å². The molecule has 0 aromatic heterocycles. The molecule has 0 aliphatic heterocycles. The van der Waals surface area contributed by atoms with E-state index in [1.54, 1.807) is 13.1 Å². The first-order valence-corrected chi connectivity index (χ1v) is 9.87. The lowest BCUT2D eigenvalue weighted by Gasteiger charge is -2.30. The summed E-state index contributed by atoms with van der Waals surface area (Å²) in [6.45, 7) is 2.61. The van der Waals surface area contributed by atoms with E-state index in [2.05, 4.69) is 21.7 Å². The zero-order valence-electron chi connectivity index (χ0n) is 14.8. The molecule has 1 fully saturated rings. The quantitative estimate of drug-likeness (QED) is 0.391. The van der Waals surface area contributed by atoms with Crippen LogP contribution < -0.4 is 10.6 Å². The Morgan fingerprint density at radius 1 is 1.44 bits per heavy atom. The van der Waals surface area contributed by atoms with Crippen molar-refractivity contribution in [2.75, 3.05) is 12.8 Å². The Kier molecular flexibility index (Phi) is 10.0. The van der Waals surface area contributed by atoms with Crippen molar-refractivity contribution < 1.29 is 4.21 Å². The van der Waals surface area contributed by atoms with Crippen LogP contribution in [-0.2, 0) is 17.3 Å². The van der Waals surface area contributed by atoms with Crippen LogP contribution in [0.4, 0.5) is 0 Å². The molecule has 0 bridgehead atoms. The molecule has 2 N–H and O–H groups in total. The molecule has 0 heterocycles. The monoisotopic (exact) mass is 474 g/mol. The zero-order chi connectivity index (χ0) is 17.4. The first kappa shape index (κ1) is 21.9. The van der Waals surface area contributed by atoms with Gasteiger partial charge in [0.25, 0.3) is 0 Å². The predicted octanol–water partition coefficient (Wildman–Crippen LogP) is 2.92. The first-order chi connectivity index (χ1) is 11.7. The van der Waals surface area contributed by atoms with E-state index < -0.39 is 10.8 Å². The van der Waals surface area contributed by atoms with Gasteiger partial charge < -0.3 is 10.6 Å². The Morgan fingerprint density at radius 2 is 2.24 bits per heavy atom. The van der Waals surface area contributed by atoms with E-state index in [4.69, 9.17) is 5.26 Å². The van der Waals surface area contributed by atoms with Gasteiger partial charge in [0.2, 0.25) is 0 Å². The van der Waals surface area contributed by atoms with Crippen molar-refractivity contribution in [3.8, 4) is 6.07 Å². The molecule has 0 amide bonds. The summed E-state index contributed by atoms with van der Waals surface area (Å²) in [6.07, 6.45) is 4.19. The normalized spacial score (nSPS) is 21.6. The molecular weight excluding hydrogens is 447 g/mol. The molecule has 1 aromatic carbocycles. The third-order valence-electron chi connectivity index (χ3n) is 4.36. The van der Waals surface area contributed by atoms with E-state index in [0.717, 1.165) is 43.0 Å². The van der Waals surface area contributed by atoms with Crippen LogP contribution in [0.3, 0.4) is 0 Å². The highest BCUT2D eigenvalue weighted by atomic mass is 127. The summed E-state index contributed by atoms with van der Waals surface area (Å²) in [5, 5.41) is 16.0. The number of nitrogens with zero attached hydrogens (tertiary/aromatic N) is 2. The van der Waals surface area contributed by atoms with Crippen LogP contribution in [0.2, 0.25) is 0 Å². The van der Waals surface area contributed by atoms with Gasteiger partial charge in [0, 0.05) is 41.4 Å². The van der Waals surface area contributed by atoms with Gasteiger partial charge in [-0.25, -0.2) is 0 Å². The van der Waals surface area contributed by atoms with Crippen molar-refractivity contribution in [2.45, 2.75) is 50.4 Å². The number of halogens is 1. The number of benzene rings is 1. The van der Waals surface area contributed by atoms with Gasteiger partial charge in [-0.1, -0.05) is 25.5 Å². The van der Waals surface area contributed by atoms with Gasteiger partial charge in [-0.15, -0.1) is 24.0 Å². The highest BCUT2D eigenvalue weighted by Crippen LogP contribution is 2.22. The van der Waals surface area contributed by atoms with Crippen molar-refractivity contribution in [2.24, 2.45) is 4.99 Å². The fraction of sp³-hybridized carbons (Fsp3) is 0.556. The summed E-state index contributed by atoms with van der Waals surface area (Å²) in [7, 11) is 1.04. The van der Waals surface area contributed by atoms with Crippen LogP contribution in [0.15, 0.2) is 29.3 Å². The lowest BCUT2D eigenvalue weighted by Crippen LogP contribution is -2.46. The average Bonchev–Trinajstić information content (AvgIpc) is 2.64. The second-order valence-electron chi connectivity index (χ2n) is 6.04. The highest BCUT2D eigenvalue weighted by Gasteiger charge is 2.25. The molecule has 1 aliphatic carbocycles. The van der Waals surface area contributed by atoms with Crippen LogP contribution >= 0.6 is 24.0 Å². The summed E-state index contributed by atoms with van der Waals surface area (Å²) >= 11 is 0. The van der Waals surface area contributed by atoms with Crippen molar-refractivity contribution in [1.82, 2.24) is 10.6 Å². The summed E-state index contributed by atoms with van der Waals surface area (Å²) in [4.78, 5) is 4.28. The van der Waals surface area contributed by atoms with E-state index in [1.165, 1.54) is 0 Å². The minimum atomic E-state index is -0.719. The molecule has 7 heteroatoms. The van der Waals surface area contributed by atoms with Crippen LogP contribution in [0.5, 0.6) is 0 Å². The van der Waals surface area contributed by atoms with Gasteiger partial charge in [-0.3, -0.25) is 9.20 Å². The first-order valence-electron chi connectivity index (χ1n) is 8.49. The zero-order valence-corrected chi connectivity index (χ0v) is 18.0. The maximum Gasteiger partial charge on any atom is 0.191 e. The largest absolute Gasteiger partial charge is 0.354 e. The molecule has 5 nitrogen and oxygen atoms in total. The van der Waals surface area contributed by atoms with Crippen molar-refractivity contribution in [3.63, 3.8) is 0 Å². The third-order valence-corrected chi connectivity index (χ3v) is 6.10. The maximum atomic E-state index is 12.0. The van der Waals surface area contributed by atoms with Gasteiger partial charge >= 0.3 is 0 Å². The minimum Gasteiger partial charge on any atom is -0.354 e. The topological polar surface area (TPSA) is 77.3 Å². The Bertz CT molecular complexity index is 644. The van der Waals surface area contributed by atoms with E-state index in [1.807, 2.05) is 25.1 Å². The summed E-state index contributed by atoms with van der Waals surface area (Å²) < 4.78 is 12.0. The molecule has 1 aliphatic rings. The van der Waals surface area contributed by atoms with E-state index in [9.17, 15) is 4.21 Å². The number of aliphatic imine (C=N–C) groups is 1. The Morgan fingerprint density at radius 3 is 2.92 bits per heavy atom. The number of guanidine groups is 1. The smallest absolute Gasteiger partial charge is 0.191 e. The van der Waals surface area contributed by atoms with Crippen molar-refractivity contribution in [1.29, 1.82) is 5.26 Å².